The van der Waals surface area contributed by atoms with Crippen molar-refractivity contribution in [3.05, 3.63) is 47.9 Å². The minimum absolute atomic E-state index is 0.276. The van der Waals surface area contributed by atoms with Crippen LogP contribution < -0.4 is 4.74 Å². The number of aromatic nitrogens is 1. The lowest BCUT2D eigenvalue weighted by molar-refractivity contribution is 0.249. The molecule has 0 spiro atoms. The molecule has 0 fully saturated rings. The summed E-state index contributed by atoms with van der Waals surface area (Å²) in [6.07, 6.45) is 1.55. The van der Waals surface area contributed by atoms with Gasteiger partial charge in [0.05, 0.1) is 11.8 Å². The van der Waals surface area contributed by atoms with Crippen molar-refractivity contribution in [2.24, 2.45) is 0 Å². The summed E-state index contributed by atoms with van der Waals surface area (Å²) in [5.74, 6) is 1.18. The van der Waals surface area contributed by atoms with Gasteiger partial charge in [-0.3, -0.25) is 0 Å². The van der Waals surface area contributed by atoms with Crippen molar-refractivity contribution in [3.63, 3.8) is 0 Å². The summed E-state index contributed by atoms with van der Waals surface area (Å²) < 4.78 is 10.3. The first-order valence-corrected chi connectivity index (χ1v) is 4.41. The molecule has 4 heteroatoms. The average Bonchev–Trinajstić information content (AvgIpc) is 2.79. The quantitative estimate of drug-likeness (QED) is 0.761. The molecular formula is C11H8N2O2. The molecule has 0 N–H and O–H groups in total. The second-order valence-electron chi connectivity index (χ2n) is 2.88. The molecule has 0 saturated carbocycles. The maximum Gasteiger partial charge on any atom is 0.174 e. The van der Waals surface area contributed by atoms with Crippen molar-refractivity contribution < 1.29 is 9.26 Å². The maximum atomic E-state index is 8.81. The molecule has 1 heterocycles. The van der Waals surface area contributed by atoms with E-state index in [2.05, 4.69) is 11.2 Å². The topological polar surface area (TPSA) is 59.0 Å². The molecule has 15 heavy (non-hydrogen) atoms. The van der Waals surface area contributed by atoms with Gasteiger partial charge in [-0.2, -0.15) is 5.26 Å². The largest absolute Gasteiger partial charge is 0.484 e. The first kappa shape index (κ1) is 9.28. The Bertz CT molecular complexity index is 472. The maximum absolute atomic E-state index is 8.81. The minimum Gasteiger partial charge on any atom is -0.484 e. The van der Waals surface area contributed by atoms with Crippen molar-refractivity contribution in [1.82, 2.24) is 5.16 Å². The van der Waals surface area contributed by atoms with Crippen molar-refractivity contribution in [2.45, 2.75) is 6.61 Å². The lowest BCUT2D eigenvalue weighted by atomic mass is 10.2. The highest BCUT2D eigenvalue weighted by molar-refractivity contribution is 5.42. The second-order valence-corrected chi connectivity index (χ2v) is 2.88. The normalized spacial score (nSPS) is 9.53. The zero-order valence-corrected chi connectivity index (χ0v) is 7.88. The van der Waals surface area contributed by atoms with Gasteiger partial charge in [-0.05, 0) is 12.1 Å². The zero-order chi connectivity index (χ0) is 10.5. The van der Waals surface area contributed by atoms with Gasteiger partial charge in [0.15, 0.2) is 5.76 Å². The number of ether oxygens (including phenoxy) is 1. The van der Waals surface area contributed by atoms with Crippen molar-refractivity contribution in [1.29, 1.82) is 5.26 Å². The molecule has 74 valence electrons. The third kappa shape index (κ3) is 2.15. The van der Waals surface area contributed by atoms with Crippen LogP contribution in [0.5, 0.6) is 5.75 Å². The van der Waals surface area contributed by atoms with Gasteiger partial charge < -0.3 is 9.26 Å². The molecule has 0 bridgehead atoms. The van der Waals surface area contributed by atoms with Gasteiger partial charge in [0.2, 0.25) is 0 Å². The number of rotatable bonds is 3. The van der Waals surface area contributed by atoms with Gasteiger partial charge in [-0.25, -0.2) is 0 Å². The summed E-state index contributed by atoms with van der Waals surface area (Å²) in [5.41, 5.74) is 0.511. The molecular weight excluding hydrogens is 192 g/mol. The van der Waals surface area contributed by atoms with Crippen LogP contribution in [0, 0.1) is 11.3 Å². The SMILES string of the molecule is N#Cc1ccccc1OCc1ccno1. The van der Waals surface area contributed by atoms with Crippen LogP contribution in [0.15, 0.2) is 41.1 Å². The monoisotopic (exact) mass is 200 g/mol. The zero-order valence-electron chi connectivity index (χ0n) is 7.88. The van der Waals surface area contributed by atoms with E-state index >= 15 is 0 Å². The van der Waals surface area contributed by atoms with E-state index in [0.717, 1.165) is 0 Å². The Hall–Kier alpha value is -2.28. The number of para-hydroxylation sites is 1. The Morgan fingerprint density at radius 3 is 2.93 bits per heavy atom. The standard InChI is InChI=1S/C11H8N2O2/c12-7-9-3-1-2-4-11(9)14-8-10-5-6-13-15-10/h1-6H,8H2. The summed E-state index contributed by atoms with van der Waals surface area (Å²) >= 11 is 0. The fourth-order valence-corrected chi connectivity index (χ4v) is 1.15. The van der Waals surface area contributed by atoms with Gasteiger partial charge in [-0.1, -0.05) is 17.3 Å². The molecule has 1 aromatic carbocycles. The van der Waals surface area contributed by atoms with Crippen molar-refractivity contribution in [2.75, 3.05) is 0 Å². The van der Waals surface area contributed by atoms with Crippen LogP contribution >= 0.6 is 0 Å². The predicted octanol–water partition coefficient (Wildman–Crippen LogP) is 2.13. The number of nitriles is 1. The van der Waals surface area contributed by atoms with E-state index in [1.165, 1.54) is 0 Å². The number of hydrogen-bond donors (Lipinski definition) is 0. The van der Waals surface area contributed by atoms with Crippen molar-refractivity contribution in [3.8, 4) is 11.8 Å². The van der Waals surface area contributed by atoms with E-state index in [1.807, 2.05) is 6.07 Å². The molecule has 0 aliphatic heterocycles. The van der Waals surface area contributed by atoms with Crippen LogP contribution in [0.25, 0.3) is 0 Å². The van der Waals surface area contributed by atoms with Gasteiger partial charge in [0.25, 0.3) is 0 Å². The molecule has 0 amide bonds. The van der Waals surface area contributed by atoms with E-state index in [0.29, 0.717) is 17.1 Å². The Morgan fingerprint density at radius 1 is 1.33 bits per heavy atom. The number of hydrogen-bond acceptors (Lipinski definition) is 4. The van der Waals surface area contributed by atoms with Crippen LogP contribution in [0.3, 0.4) is 0 Å². The van der Waals surface area contributed by atoms with Crippen LogP contribution in [0.4, 0.5) is 0 Å². The summed E-state index contributed by atoms with van der Waals surface area (Å²) in [7, 11) is 0. The summed E-state index contributed by atoms with van der Waals surface area (Å²) in [4.78, 5) is 0. The fraction of sp³-hybridized carbons (Fsp3) is 0.0909. The second kappa shape index (κ2) is 4.29. The highest BCUT2D eigenvalue weighted by Gasteiger charge is 2.03. The van der Waals surface area contributed by atoms with E-state index < -0.39 is 0 Å². The van der Waals surface area contributed by atoms with Crippen molar-refractivity contribution >= 4 is 0 Å². The van der Waals surface area contributed by atoms with E-state index in [4.69, 9.17) is 14.5 Å². The molecule has 0 aliphatic carbocycles. The summed E-state index contributed by atoms with van der Waals surface area (Å²) in [5, 5.41) is 12.4. The molecule has 0 aliphatic rings. The third-order valence-electron chi connectivity index (χ3n) is 1.87. The molecule has 1 aromatic heterocycles. The Labute approximate surface area is 86.7 Å². The third-order valence-corrected chi connectivity index (χ3v) is 1.87. The first-order chi connectivity index (χ1) is 7.40. The highest BCUT2D eigenvalue weighted by Crippen LogP contribution is 2.17. The smallest absolute Gasteiger partial charge is 0.174 e. The van der Waals surface area contributed by atoms with E-state index in [-0.39, 0.29) is 6.61 Å². The Morgan fingerprint density at radius 2 is 2.20 bits per heavy atom. The molecule has 4 nitrogen and oxygen atoms in total. The molecule has 2 aromatic rings. The van der Waals surface area contributed by atoms with Crippen LogP contribution in [-0.4, -0.2) is 5.16 Å². The summed E-state index contributed by atoms with van der Waals surface area (Å²) in [6, 6.07) is 10.8. The van der Waals surface area contributed by atoms with Gasteiger partial charge >= 0.3 is 0 Å². The van der Waals surface area contributed by atoms with Gasteiger partial charge in [0.1, 0.15) is 18.4 Å². The molecule has 0 unspecified atom stereocenters. The molecule has 0 atom stereocenters. The van der Waals surface area contributed by atoms with Crippen LogP contribution in [0.1, 0.15) is 11.3 Å². The molecule has 0 radical (unpaired) electrons. The average molecular weight is 200 g/mol. The van der Waals surface area contributed by atoms with E-state index in [1.54, 1.807) is 30.5 Å². The van der Waals surface area contributed by atoms with Gasteiger partial charge in [0, 0.05) is 6.07 Å². The first-order valence-electron chi connectivity index (χ1n) is 4.41. The summed E-state index contributed by atoms with van der Waals surface area (Å²) in [6.45, 7) is 0.276. The highest BCUT2D eigenvalue weighted by atomic mass is 16.5. The van der Waals surface area contributed by atoms with Crippen LogP contribution in [-0.2, 0) is 6.61 Å². The molecule has 0 saturated heterocycles. The number of benzene rings is 1. The molecule has 2 rings (SSSR count). The number of nitrogens with zero attached hydrogens (tertiary/aromatic N) is 2. The fourth-order valence-electron chi connectivity index (χ4n) is 1.15. The Kier molecular flexibility index (Phi) is 2.65. The lowest BCUT2D eigenvalue weighted by Crippen LogP contribution is -1.95. The predicted molar refractivity (Wildman–Crippen MR) is 52.0 cm³/mol. The Balaban J connectivity index is 2.08. The lowest BCUT2D eigenvalue weighted by Gasteiger charge is -2.04. The van der Waals surface area contributed by atoms with Crippen LogP contribution in [0.2, 0.25) is 0 Å². The van der Waals surface area contributed by atoms with E-state index in [9.17, 15) is 0 Å². The van der Waals surface area contributed by atoms with Gasteiger partial charge in [-0.15, -0.1) is 0 Å². The minimum atomic E-state index is 0.276.